The summed E-state index contributed by atoms with van der Waals surface area (Å²) in [5.74, 6) is 0.363. The molecule has 1 unspecified atom stereocenters. The summed E-state index contributed by atoms with van der Waals surface area (Å²) >= 11 is 1.17. The molecule has 0 radical (unpaired) electrons. The van der Waals surface area contributed by atoms with Crippen molar-refractivity contribution in [1.29, 1.82) is 0 Å². The van der Waals surface area contributed by atoms with Crippen LogP contribution in [0.4, 0.5) is 4.79 Å². The van der Waals surface area contributed by atoms with Gasteiger partial charge < -0.3 is 24.4 Å². The van der Waals surface area contributed by atoms with Gasteiger partial charge in [-0.05, 0) is 42.0 Å². The predicted molar refractivity (Wildman–Crippen MR) is 172 cm³/mol. The van der Waals surface area contributed by atoms with E-state index in [0.717, 1.165) is 26.9 Å². The van der Waals surface area contributed by atoms with Crippen molar-refractivity contribution in [1.82, 2.24) is 9.88 Å². The standard InChI is InChI=1S/C34H31N3O7S/c1-41-32(38)28(35-33(39)44-27-11-7-4-8-12-27)21-23-13-16-26(17-14-23)43-20-19-37-29-18-15-25(22-30(29)45-34(37)40)31(36-42-2)24-9-5-3-6-10-24/h3-18,22,28H,19-21H2,1-2H3,(H,35,39). The summed E-state index contributed by atoms with van der Waals surface area (Å²) in [5.41, 5.74) is 4.02. The molecule has 5 rings (SSSR count). The Labute approximate surface area is 263 Å². The molecule has 0 bridgehead atoms. The van der Waals surface area contributed by atoms with Crippen LogP contribution in [0.5, 0.6) is 11.5 Å². The van der Waals surface area contributed by atoms with E-state index >= 15 is 0 Å². The fourth-order valence-corrected chi connectivity index (χ4v) is 5.66. The lowest BCUT2D eigenvalue weighted by Crippen LogP contribution is -2.44. The summed E-state index contributed by atoms with van der Waals surface area (Å²) in [6.45, 7) is 0.625. The van der Waals surface area contributed by atoms with Crippen molar-refractivity contribution in [2.45, 2.75) is 19.0 Å². The van der Waals surface area contributed by atoms with Crippen LogP contribution in [0.1, 0.15) is 16.7 Å². The predicted octanol–water partition coefficient (Wildman–Crippen LogP) is 5.41. The van der Waals surface area contributed by atoms with Crippen molar-refractivity contribution in [2.24, 2.45) is 5.16 Å². The quantitative estimate of drug-likeness (QED) is 0.112. The number of nitrogens with one attached hydrogen (secondary N) is 1. The summed E-state index contributed by atoms with van der Waals surface area (Å²) in [5, 5.41) is 6.78. The van der Waals surface area contributed by atoms with Crippen LogP contribution in [0.15, 0.2) is 113 Å². The first-order valence-corrected chi connectivity index (χ1v) is 14.9. The molecule has 0 fully saturated rings. The number of thiazole rings is 1. The second kappa shape index (κ2) is 14.8. The number of aromatic nitrogens is 1. The Hall–Kier alpha value is -5.42. The van der Waals surface area contributed by atoms with Crippen molar-refractivity contribution in [3.05, 3.63) is 129 Å². The van der Waals surface area contributed by atoms with Crippen LogP contribution in [0, 0.1) is 0 Å². The molecule has 10 nitrogen and oxygen atoms in total. The highest BCUT2D eigenvalue weighted by Crippen LogP contribution is 2.22. The van der Waals surface area contributed by atoms with Gasteiger partial charge in [-0.2, -0.15) is 0 Å². The van der Waals surface area contributed by atoms with Crippen molar-refractivity contribution in [2.75, 3.05) is 20.8 Å². The topological polar surface area (TPSA) is 117 Å². The van der Waals surface area contributed by atoms with Crippen LogP contribution in [-0.4, -0.2) is 49.2 Å². The molecule has 1 aromatic heterocycles. The molecule has 0 saturated carbocycles. The third kappa shape index (κ3) is 7.95. The zero-order valence-electron chi connectivity index (χ0n) is 24.7. The molecule has 11 heteroatoms. The van der Waals surface area contributed by atoms with Crippen LogP contribution in [-0.2, 0) is 27.3 Å². The summed E-state index contributed by atoms with van der Waals surface area (Å²) in [7, 11) is 2.76. The largest absolute Gasteiger partial charge is 0.492 e. The van der Waals surface area contributed by atoms with E-state index in [0.29, 0.717) is 23.8 Å². The SMILES string of the molecule is CON=C(c1ccccc1)c1ccc2c(c1)sc(=O)n2CCOc1ccc(CC(NC(=O)Oc2ccccc2)C(=O)OC)cc1. The maximum atomic E-state index is 12.9. The first kappa shape index (κ1) is 31.0. The Kier molecular flexibility index (Phi) is 10.2. The van der Waals surface area contributed by atoms with E-state index in [-0.39, 0.29) is 17.9 Å². The van der Waals surface area contributed by atoms with E-state index in [1.165, 1.54) is 25.6 Å². The lowest BCUT2D eigenvalue weighted by atomic mass is 10.0. The smallest absolute Gasteiger partial charge is 0.413 e. The van der Waals surface area contributed by atoms with Gasteiger partial charge in [0, 0.05) is 17.5 Å². The molecule has 0 aliphatic rings. The maximum Gasteiger partial charge on any atom is 0.413 e. The van der Waals surface area contributed by atoms with Gasteiger partial charge in [-0.15, -0.1) is 0 Å². The molecule has 0 aliphatic heterocycles. The molecule has 5 aromatic rings. The summed E-state index contributed by atoms with van der Waals surface area (Å²) in [6.07, 6.45) is -0.570. The minimum atomic E-state index is -0.943. The van der Waals surface area contributed by atoms with Gasteiger partial charge in [-0.1, -0.05) is 83.2 Å². The Bertz CT molecular complexity index is 1840. The summed E-state index contributed by atoms with van der Waals surface area (Å²) in [4.78, 5) is 42.5. The van der Waals surface area contributed by atoms with Crippen LogP contribution in [0.3, 0.4) is 0 Å². The van der Waals surface area contributed by atoms with Gasteiger partial charge in [0.05, 0.1) is 23.9 Å². The Morgan fingerprint density at radius 2 is 1.58 bits per heavy atom. The molecule has 1 atom stereocenters. The Balaban J connectivity index is 1.20. The number of benzene rings is 4. The van der Waals surface area contributed by atoms with Crippen molar-refractivity contribution in [3.8, 4) is 11.5 Å². The molecular formula is C34H31N3O7S. The van der Waals surface area contributed by atoms with Crippen LogP contribution in [0.2, 0.25) is 0 Å². The van der Waals surface area contributed by atoms with E-state index in [9.17, 15) is 14.4 Å². The van der Waals surface area contributed by atoms with Gasteiger partial charge >= 0.3 is 16.9 Å². The third-order valence-electron chi connectivity index (χ3n) is 6.85. The number of oxime groups is 1. The minimum absolute atomic E-state index is 0.0850. The number of amides is 1. The molecule has 45 heavy (non-hydrogen) atoms. The van der Waals surface area contributed by atoms with Crippen molar-refractivity contribution >= 4 is 39.3 Å². The zero-order chi connectivity index (χ0) is 31.6. The lowest BCUT2D eigenvalue weighted by Gasteiger charge is -2.16. The number of fused-ring (bicyclic) bond motifs is 1. The minimum Gasteiger partial charge on any atom is -0.492 e. The lowest BCUT2D eigenvalue weighted by molar-refractivity contribution is -0.142. The number of esters is 1. The average Bonchev–Trinajstić information content (AvgIpc) is 3.38. The fourth-order valence-electron chi connectivity index (χ4n) is 4.70. The van der Waals surface area contributed by atoms with E-state index in [1.54, 1.807) is 59.2 Å². The summed E-state index contributed by atoms with van der Waals surface area (Å²) in [6, 6.07) is 30.3. The van der Waals surface area contributed by atoms with Gasteiger partial charge in [0.25, 0.3) is 0 Å². The van der Waals surface area contributed by atoms with Crippen LogP contribution >= 0.6 is 11.3 Å². The highest BCUT2D eigenvalue weighted by molar-refractivity contribution is 7.16. The number of carbonyl (C=O) groups excluding carboxylic acids is 2. The monoisotopic (exact) mass is 625 g/mol. The van der Waals surface area contributed by atoms with Crippen molar-refractivity contribution < 1.29 is 28.6 Å². The number of hydrogen-bond donors (Lipinski definition) is 1. The molecule has 0 aliphatic carbocycles. The van der Waals surface area contributed by atoms with Gasteiger partial charge in [0.15, 0.2) is 0 Å². The number of methoxy groups -OCH3 is 1. The van der Waals surface area contributed by atoms with Gasteiger partial charge in [0.2, 0.25) is 0 Å². The van der Waals surface area contributed by atoms with E-state index in [1.807, 2.05) is 48.5 Å². The van der Waals surface area contributed by atoms with Crippen molar-refractivity contribution in [3.63, 3.8) is 0 Å². The molecule has 0 spiro atoms. The second-order valence-electron chi connectivity index (χ2n) is 9.81. The van der Waals surface area contributed by atoms with Crippen LogP contribution in [0.25, 0.3) is 10.2 Å². The Morgan fingerprint density at radius 1 is 0.867 bits per heavy atom. The first-order chi connectivity index (χ1) is 21.9. The number of ether oxygens (including phenoxy) is 3. The van der Waals surface area contributed by atoms with E-state index < -0.39 is 18.1 Å². The first-order valence-electron chi connectivity index (χ1n) is 14.1. The number of hydrogen-bond acceptors (Lipinski definition) is 9. The second-order valence-corrected chi connectivity index (χ2v) is 10.8. The molecule has 0 saturated heterocycles. The fraction of sp³-hybridized carbons (Fsp3) is 0.176. The van der Waals surface area contributed by atoms with Gasteiger partial charge in [-0.25, -0.2) is 9.59 Å². The number of nitrogens with zero attached hydrogens (tertiary/aromatic N) is 2. The number of carbonyl (C=O) groups is 2. The number of rotatable bonds is 12. The highest BCUT2D eigenvalue weighted by atomic mass is 32.1. The third-order valence-corrected chi connectivity index (χ3v) is 7.79. The molecule has 4 aromatic carbocycles. The molecular weight excluding hydrogens is 594 g/mol. The molecule has 1 heterocycles. The highest BCUT2D eigenvalue weighted by Gasteiger charge is 2.23. The number of para-hydroxylation sites is 1. The summed E-state index contributed by atoms with van der Waals surface area (Å²) < 4.78 is 18.6. The van der Waals surface area contributed by atoms with E-state index in [4.69, 9.17) is 19.0 Å². The zero-order valence-corrected chi connectivity index (χ0v) is 25.5. The molecule has 230 valence electrons. The average molecular weight is 626 g/mol. The van der Waals surface area contributed by atoms with Gasteiger partial charge in [-0.3, -0.25) is 9.36 Å². The van der Waals surface area contributed by atoms with Gasteiger partial charge in [0.1, 0.15) is 37.0 Å². The normalized spacial score (nSPS) is 11.9. The molecule has 1 N–H and O–H groups in total. The van der Waals surface area contributed by atoms with E-state index in [2.05, 4.69) is 10.5 Å². The molecule has 1 amide bonds. The van der Waals surface area contributed by atoms with Crippen LogP contribution < -0.4 is 19.7 Å². The Morgan fingerprint density at radius 3 is 2.27 bits per heavy atom. The maximum absolute atomic E-state index is 12.9.